The molecule has 2 atom stereocenters. The third-order valence-electron chi connectivity index (χ3n) is 5.30. The van der Waals surface area contributed by atoms with E-state index >= 15 is 0 Å². The largest absolute Gasteiger partial charge is 0.406 e. The Morgan fingerprint density at radius 3 is 2.55 bits per heavy atom. The SMILES string of the molecule is CO[C@]1(C)C[C@@H](N(C)Cc2nccn2CC(F)(F)F)C1(C)C. The first kappa shape index (κ1) is 17.3. The zero-order chi connectivity index (χ0) is 16.8. The van der Waals surface area contributed by atoms with Crippen LogP contribution in [0.3, 0.4) is 0 Å². The molecule has 0 N–H and O–H groups in total. The molecule has 0 amide bonds. The monoisotopic (exact) mass is 319 g/mol. The summed E-state index contributed by atoms with van der Waals surface area (Å²) in [6.07, 6.45) is -0.590. The van der Waals surface area contributed by atoms with E-state index < -0.39 is 12.7 Å². The molecule has 22 heavy (non-hydrogen) atoms. The van der Waals surface area contributed by atoms with Crippen LogP contribution in [0.1, 0.15) is 33.0 Å². The van der Waals surface area contributed by atoms with Gasteiger partial charge >= 0.3 is 6.18 Å². The molecule has 2 rings (SSSR count). The molecule has 1 aliphatic rings. The summed E-state index contributed by atoms with van der Waals surface area (Å²) in [7, 11) is 3.63. The number of hydrogen-bond donors (Lipinski definition) is 0. The highest BCUT2D eigenvalue weighted by molar-refractivity contribution is 5.12. The van der Waals surface area contributed by atoms with Gasteiger partial charge in [-0.2, -0.15) is 13.2 Å². The van der Waals surface area contributed by atoms with Crippen molar-refractivity contribution in [2.75, 3.05) is 14.2 Å². The van der Waals surface area contributed by atoms with Crippen LogP contribution in [-0.4, -0.2) is 46.4 Å². The van der Waals surface area contributed by atoms with Crippen molar-refractivity contribution in [3.8, 4) is 0 Å². The van der Waals surface area contributed by atoms with E-state index in [1.807, 2.05) is 7.05 Å². The van der Waals surface area contributed by atoms with Crippen molar-refractivity contribution >= 4 is 0 Å². The first-order valence-electron chi connectivity index (χ1n) is 7.32. The number of aromatic nitrogens is 2. The lowest BCUT2D eigenvalue weighted by molar-refractivity contribution is -0.207. The molecular weight excluding hydrogens is 295 g/mol. The van der Waals surface area contributed by atoms with Crippen molar-refractivity contribution in [2.45, 2.75) is 58.1 Å². The average Bonchev–Trinajstić information content (AvgIpc) is 2.80. The normalized spacial score (nSPS) is 28.0. The summed E-state index contributed by atoms with van der Waals surface area (Å²) in [5.41, 5.74) is -0.273. The molecule has 0 saturated heterocycles. The maximum Gasteiger partial charge on any atom is 0.406 e. The van der Waals surface area contributed by atoms with Crippen molar-refractivity contribution in [1.82, 2.24) is 14.5 Å². The molecule has 0 aliphatic heterocycles. The third kappa shape index (κ3) is 3.01. The summed E-state index contributed by atoms with van der Waals surface area (Å²) in [4.78, 5) is 6.14. The number of imidazole rings is 1. The van der Waals surface area contributed by atoms with Crippen LogP contribution in [0.15, 0.2) is 12.4 Å². The quantitative estimate of drug-likeness (QED) is 0.835. The number of alkyl halides is 3. The van der Waals surface area contributed by atoms with Gasteiger partial charge in [-0.05, 0) is 20.4 Å². The Hall–Kier alpha value is -1.08. The third-order valence-corrected chi connectivity index (χ3v) is 5.30. The van der Waals surface area contributed by atoms with Gasteiger partial charge in [0, 0.05) is 31.0 Å². The summed E-state index contributed by atoms with van der Waals surface area (Å²) in [6.45, 7) is 5.71. The first-order valence-corrected chi connectivity index (χ1v) is 7.32. The zero-order valence-electron chi connectivity index (χ0n) is 13.7. The molecule has 1 saturated carbocycles. The molecule has 1 aliphatic carbocycles. The second-order valence-corrected chi connectivity index (χ2v) is 6.88. The lowest BCUT2D eigenvalue weighted by atomic mass is 9.55. The van der Waals surface area contributed by atoms with Gasteiger partial charge in [0.05, 0.1) is 12.1 Å². The minimum atomic E-state index is -4.24. The Morgan fingerprint density at radius 2 is 2.05 bits per heavy atom. The van der Waals surface area contributed by atoms with Gasteiger partial charge in [0.2, 0.25) is 0 Å². The minimum Gasteiger partial charge on any atom is -0.378 e. The van der Waals surface area contributed by atoms with Crippen molar-refractivity contribution in [2.24, 2.45) is 5.41 Å². The number of methoxy groups -OCH3 is 1. The lowest BCUT2D eigenvalue weighted by Gasteiger charge is -2.61. The molecular formula is C15H24F3N3O. The number of halogens is 3. The fourth-order valence-electron chi connectivity index (χ4n) is 3.32. The van der Waals surface area contributed by atoms with E-state index in [9.17, 15) is 13.2 Å². The van der Waals surface area contributed by atoms with Crippen LogP contribution in [-0.2, 0) is 17.8 Å². The van der Waals surface area contributed by atoms with E-state index in [-0.39, 0.29) is 17.1 Å². The van der Waals surface area contributed by atoms with Gasteiger partial charge in [-0.15, -0.1) is 0 Å². The van der Waals surface area contributed by atoms with Crippen LogP contribution in [0.4, 0.5) is 13.2 Å². The summed E-state index contributed by atoms with van der Waals surface area (Å²) in [6, 6.07) is 0.244. The fraction of sp³-hybridized carbons (Fsp3) is 0.800. The van der Waals surface area contributed by atoms with Crippen molar-refractivity contribution in [3.05, 3.63) is 18.2 Å². The summed E-state index contributed by atoms with van der Waals surface area (Å²) >= 11 is 0. The predicted molar refractivity (Wildman–Crippen MR) is 77.3 cm³/mol. The Bertz CT molecular complexity index is 526. The van der Waals surface area contributed by atoms with E-state index in [1.54, 1.807) is 7.11 Å². The van der Waals surface area contributed by atoms with Gasteiger partial charge in [-0.3, -0.25) is 4.90 Å². The zero-order valence-corrected chi connectivity index (χ0v) is 13.7. The highest BCUT2D eigenvalue weighted by Crippen LogP contribution is 2.53. The Kier molecular flexibility index (Phi) is 4.34. The molecule has 1 fully saturated rings. The fourth-order valence-corrected chi connectivity index (χ4v) is 3.32. The van der Waals surface area contributed by atoms with Gasteiger partial charge in [-0.25, -0.2) is 4.98 Å². The molecule has 1 heterocycles. The van der Waals surface area contributed by atoms with E-state index in [0.29, 0.717) is 12.4 Å². The van der Waals surface area contributed by atoms with E-state index in [2.05, 4.69) is 30.7 Å². The lowest BCUT2D eigenvalue weighted by Crippen LogP contribution is -2.67. The minimum absolute atomic E-state index is 0.0715. The number of hydrogen-bond acceptors (Lipinski definition) is 3. The Labute approximate surface area is 129 Å². The van der Waals surface area contributed by atoms with Crippen LogP contribution < -0.4 is 0 Å². The van der Waals surface area contributed by atoms with Gasteiger partial charge in [-0.1, -0.05) is 13.8 Å². The molecule has 0 unspecified atom stereocenters. The molecule has 1 aromatic heterocycles. The van der Waals surface area contributed by atoms with Crippen LogP contribution in [0.25, 0.3) is 0 Å². The maximum absolute atomic E-state index is 12.6. The van der Waals surface area contributed by atoms with E-state index in [1.165, 1.54) is 12.4 Å². The highest BCUT2D eigenvalue weighted by atomic mass is 19.4. The molecule has 0 bridgehead atoms. The van der Waals surface area contributed by atoms with Crippen LogP contribution in [0, 0.1) is 5.41 Å². The van der Waals surface area contributed by atoms with Gasteiger partial charge in [0.1, 0.15) is 12.4 Å². The van der Waals surface area contributed by atoms with Crippen molar-refractivity contribution in [1.29, 1.82) is 0 Å². The Balaban J connectivity index is 2.05. The van der Waals surface area contributed by atoms with Crippen LogP contribution in [0.5, 0.6) is 0 Å². The molecule has 7 heteroatoms. The maximum atomic E-state index is 12.6. The average molecular weight is 319 g/mol. The van der Waals surface area contributed by atoms with Gasteiger partial charge < -0.3 is 9.30 Å². The van der Waals surface area contributed by atoms with Gasteiger partial charge in [0.25, 0.3) is 0 Å². The van der Waals surface area contributed by atoms with Crippen LogP contribution in [0.2, 0.25) is 0 Å². The smallest absolute Gasteiger partial charge is 0.378 e. The molecule has 1 aromatic rings. The molecule has 0 aromatic carbocycles. The summed E-state index contributed by atoms with van der Waals surface area (Å²) in [5, 5.41) is 0. The molecule has 4 nitrogen and oxygen atoms in total. The summed E-state index contributed by atoms with van der Waals surface area (Å²) in [5.74, 6) is 0.432. The first-order chi connectivity index (χ1) is 10.00. The van der Waals surface area contributed by atoms with Crippen LogP contribution >= 0.6 is 0 Å². The van der Waals surface area contributed by atoms with Crippen molar-refractivity contribution in [3.63, 3.8) is 0 Å². The standard InChI is InChI=1S/C15H24F3N3O/c1-13(2)11(8-14(13,3)22-5)20(4)9-12-19-6-7-21(12)10-15(16,17)18/h6-7,11H,8-10H2,1-5H3/t11-,14-/m1/s1. The van der Waals surface area contributed by atoms with E-state index in [0.717, 1.165) is 11.0 Å². The second-order valence-electron chi connectivity index (χ2n) is 6.88. The molecule has 0 spiro atoms. The Morgan fingerprint density at radius 1 is 1.41 bits per heavy atom. The molecule has 0 radical (unpaired) electrons. The summed E-state index contributed by atoms with van der Waals surface area (Å²) < 4.78 is 44.5. The highest BCUT2D eigenvalue weighted by Gasteiger charge is 2.58. The van der Waals surface area contributed by atoms with Gasteiger partial charge in [0.15, 0.2) is 0 Å². The number of nitrogens with zero attached hydrogens (tertiary/aromatic N) is 3. The predicted octanol–water partition coefficient (Wildman–Crippen LogP) is 3.08. The molecule has 126 valence electrons. The topological polar surface area (TPSA) is 30.3 Å². The number of ether oxygens (including phenoxy) is 1. The van der Waals surface area contributed by atoms with Crippen molar-refractivity contribution < 1.29 is 17.9 Å². The van der Waals surface area contributed by atoms with E-state index in [4.69, 9.17) is 4.74 Å². The second kappa shape index (κ2) is 5.53. The number of rotatable bonds is 5.